The van der Waals surface area contributed by atoms with Gasteiger partial charge in [0.05, 0.1) is 19.3 Å². The van der Waals surface area contributed by atoms with E-state index < -0.39 is 49.5 Å². The van der Waals surface area contributed by atoms with E-state index in [0.29, 0.717) is 37.9 Å². The van der Waals surface area contributed by atoms with Gasteiger partial charge in [0.15, 0.2) is 11.6 Å². The number of nitrogens with one attached hydrogen (secondary N) is 1. The van der Waals surface area contributed by atoms with Crippen molar-refractivity contribution >= 4 is 5.57 Å². The highest BCUT2D eigenvalue weighted by Crippen LogP contribution is 2.50. The second-order valence-corrected chi connectivity index (χ2v) is 9.90. The minimum Gasteiger partial charge on any atom is -0.489 e. The molecule has 0 bridgehead atoms. The number of aliphatic hydroxyl groups is 1. The molecular formula is C28H33F5N2O2. The van der Waals surface area contributed by atoms with Crippen LogP contribution in [0.2, 0.25) is 0 Å². The molecule has 2 aromatic rings. The van der Waals surface area contributed by atoms with Crippen molar-refractivity contribution in [3.05, 3.63) is 69.8 Å². The highest BCUT2D eigenvalue weighted by molar-refractivity contribution is 5.79. The molecule has 2 atom stereocenters. The molecule has 2 aromatic carbocycles. The summed E-state index contributed by atoms with van der Waals surface area (Å²) in [5.41, 5.74) is 4.32. The van der Waals surface area contributed by atoms with Crippen LogP contribution in [0.15, 0.2) is 35.9 Å². The lowest BCUT2D eigenvalue weighted by Crippen LogP contribution is -2.48. The van der Waals surface area contributed by atoms with E-state index in [2.05, 4.69) is 5.32 Å². The molecule has 4 nitrogen and oxygen atoms in total. The molecule has 0 fully saturated rings. The molecule has 0 spiro atoms. The van der Waals surface area contributed by atoms with E-state index in [0.717, 1.165) is 28.3 Å². The summed E-state index contributed by atoms with van der Waals surface area (Å²) in [5.74, 6) is -5.40. The minimum absolute atomic E-state index is 0.0698. The van der Waals surface area contributed by atoms with E-state index in [9.17, 15) is 18.3 Å². The number of hydrogen-bond acceptors (Lipinski definition) is 4. The predicted molar refractivity (Wildman–Crippen MR) is 133 cm³/mol. The lowest BCUT2D eigenvalue weighted by molar-refractivity contribution is -0.0862. The number of nitrogens with zero attached hydrogens (tertiary/aromatic N) is 1. The quantitative estimate of drug-likeness (QED) is 0.306. The first-order chi connectivity index (χ1) is 17.7. The van der Waals surface area contributed by atoms with Crippen molar-refractivity contribution < 1.29 is 31.8 Å². The van der Waals surface area contributed by atoms with Crippen LogP contribution in [0.5, 0.6) is 5.75 Å². The summed E-state index contributed by atoms with van der Waals surface area (Å²) >= 11 is 0. The number of benzene rings is 2. The average Bonchev–Trinajstić information content (AvgIpc) is 3.21. The minimum atomic E-state index is -3.45. The van der Waals surface area contributed by atoms with Crippen molar-refractivity contribution in [2.24, 2.45) is 0 Å². The summed E-state index contributed by atoms with van der Waals surface area (Å²) in [4.78, 5) is 1.40. The Bertz CT molecular complexity index is 1150. The fourth-order valence-corrected chi connectivity index (χ4v) is 5.35. The zero-order chi connectivity index (χ0) is 26.7. The second-order valence-electron chi connectivity index (χ2n) is 9.90. The molecule has 1 aliphatic carbocycles. The molecule has 0 amide bonds. The van der Waals surface area contributed by atoms with Crippen LogP contribution in [0.1, 0.15) is 48.1 Å². The molecule has 37 heavy (non-hydrogen) atoms. The van der Waals surface area contributed by atoms with Gasteiger partial charge in [0.25, 0.3) is 5.92 Å². The number of ether oxygens (including phenoxy) is 1. The number of alkyl halides is 3. The van der Waals surface area contributed by atoms with Gasteiger partial charge in [-0.15, -0.1) is 0 Å². The summed E-state index contributed by atoms with van der Waals surface area (Å²) in [5, 5.41) is 12.2. The van der Waals surface area contributed by atoms with Crippen molar-refractivity contribution in [3.63, 3.8) is 0 Å². The van der Waals surface area contributed by atoms with Crippen LogP contribution in [0, 0.1) is 18.6 Å². The SMILES string of the molecule is Cc1ccc2c(c1)C1=C(C2)[C@@H](c2c(F)ccc(OCCNCCCF)c2F)N(CC(F)(F)CO)[C@H](C)C1. The summed E-state index contributed by atoms with van der Waals surface area (Å²) in [6, 6.07) is 6.70. The third-order valence-corrected chi connectivity index (χ3v) is 7.12. The maximum Gasteiger partial charge on any atom is 0.283 e. The Labute approximate surface area is 214 Å². The van der Waals surface area contributed by atoms with E-state index >= 15 is 8.78 Å². The zero-order valence-electron chi connectivity index (χ0n) is 21.1. The normalized spacial score (nSPS) is 19.8. The monoisotopic (exact) mass is 524 g/mol. The van der Waals surface area contributed by atoms with Gasteiger partial charge in [0.2, 0.25) is 0 Å². The molecule has 0 unspecified atom stereocenters. The van der Waals surface area contributed by atoms with Gasteiger partial charge in [-0.2, -0.15) is 0 Å². The Kier molecular flexibility index (Phi) is 8.56. The van der Waals surface area contributed by atoms with Gasteiger partial charge in [0, 0.05) is 18.2 Å². The molecule has 1 aliphatic heterocycles. The third-order valence-electron chi connectivity index (χ3n) is 7.12. The molecule has 9 heteroatoms. The summed E-state index contributed by atoms with van der Waals surface area (Å²) in [6.07, 6.45) is 1.20. The molecule has 0 saturated heterocycles. The molecule has 0 radical (unpaired) electrons. The van der Waals surface area contributed by atoms with Crippen LogP contribution in [-0.4, -0.2) is 61.5 Å². The zero-order valence-corrected chi connectivity index (χ0v) is 21.1. The van der Waals surface area contributed by atoms with Gasteiger partial charge >= 0.3 is 0 Å². The topological polar surface area (TPSA) is 44.7 Å². The first kappa shape index (κ1) is 27.5. The van der Waals surface area contributed by atoms with Crippen molar-refractivity contribution in [2.75, 3.05) is 39.5 Å². The maximum absolute atomic E-state index is 15.9. The fourth-order valence-electron chi connectivity index (χ4n) is 5.35. The molecule has 1 heterocycles. The number of fused-ring (bicyclic) bond motifs is 2. The maximum atomic E-state index is 15.9. The summed E-state index contributed by atoms with van der Waals surface area (Å²) in [7, 11) is 0. The molecular weight excluding hydrogens is 491 g/mol. The van der Waals surface area contributed by atoms with Crippen LogP contribution < -0.4 is 10.1 Å². The second kappa shape index (κ2) is 11.5. The predicted octanol–water partition coefficient (Wildman–Crippen LogP) is 5.37. The van der Waals surface area contributed by atoms with Crippen LogP contribution in [0.4, 0.5) is 22.0 Å². The largest absolute Gasteiger partial charge is 0.489 e. The Balaban J connectivity index is 1.73. The van der Waals surface area contributed by atoms with Gasteiger partial charge in [-0.1, -0.05) is 23.8 Å². The van der Waals surface area contributed by atoms with E-state index in [-0.39, 0.29) is 17.9 Å². The summed E-state index contributed by atoms with van der Waals surface area (Å²) < 4.78 is 78.0. The Hall–Kier alpha value is -2.49. The Morgan fingerprint density at radius 2 is 1.95 bits per heavy atom. The van der Waals surface area contributed by atoms with E-state index in [1.807, 2.05) is 25.1 Å². The van der Waals surface area contributed by atoms with Crippen LogP contribution in [0.25, 0.3) is 5.57 Å². The molecule has 0 aromatic heterocycles. The highest BCUT2D eigenvalue weighted by Gasteiger charge is 2.45. The van der Waals surface area contributed by atoms with Crippen molar-refractivity contribution in [3.8, 4) is 5.75 Å². The number of hydrogen-bond donors (Lipinski definition) is 2. The lowest BCUT2D eigenvalue weighted by atomic mass is 9.84. The highest BCUT2D eigenvalue weighted by atomic mass is 19.3. The Morgan fingerprint density at radius 1 is 1.16 bits per heavy atom. The molecule has 2 aliphatic rings. The van der Waals surface area contributed by atoms with E-state index in [1.165, 1.54) is 11.0 Å². The third kappa shape index (κ3) is 5.84. The van der Waals surface area contributed by atoms with Crippen molar-refractivity contribution in [1.29, 1.82) is 0 Å². The van der Waals surface area contributed by atoms with Gasteiger partial charge < -0.3 is 15.2 Å². The van der Waals surface area contributed by atoms with Crippen molar-refractivity contribution in [1.82, 2.24) is 10.2 Å². The van der Waals surface area contributed by atoms with Crippen LogP contribution in [0.3, 0.4) is 0 Å². The molecule has 4 rings (SSSR count). The number of halogens is 5. The summed E-state index contributed by atoms with van der Waals surface area (Å²) in [6.45, 7) is 1.92. The molecule has 202 valence electrons. The van der Waals surface area contributed by atoms with E-state index in [1.54, 1.807) is 6.92 Å². The standard InChI is InChI=1S/C28H33F5N2O2/c1-17-4-5-19-14-22-21(20(19)12-17)13-18(2)35(15-28(32,33)16-36)27(22)25-23(30)6-7-24(26(25)31)37-11-10-34-9-3-8-29/h4-7,12,18,27,34,36H,3,8-11,13-16H2,1-2H3/t18-,27+/m1/s1. The first-order valence-corrected chi connectivity index (χ1v) is 12.6. The molecule has 0 saturated carbocycles. The van der Waals surface area contributed by atoms with Gasteiger partial charge in [-0.3, -0.25) is 9.29 Å². The van der Waals surface area contributed by atoms with Gasteiger partial charge in [-0.25, -0.2) is 17.6 Å². The number of aryl methyl sites for hydroxylation is 1. The van der Waals surface area contributed by atoms with Crippen LogP contribution in [-0.2, 0) is 6.42 Å². The number of aliphatic hydroxyl groups excluding tert-OH is 1. The lowest BCUT2D eigenvalue weighted by Gasteiger charge is -2.43. The smallest absolute Gasteiger partial charge is 0.283 e. The van der Waals surface area contributed by atoms with Gasteiger partial charge in [-0.05, 0) is 74.1 Å². The average molecular weight is 525 g/mol. The van der Waals surface area contributed by atoms with Gasteiger partial charge in [0.1, 0.15) is 19.0 Å². The number of rotatable bonds is 11. The van der Waals surface area contributed by atoms with Crippen LogP contribution >= 0.6 is 0 Å². The van der Waals surface area contributed by atoms with Crippen molar-refractivity contribution in [2.45, 2.75) is 51.1 Å². The fraction of sp³-hybridized carbons (Fsp3) is 0.500. The molecule has 2 N–H and O–H groups in total. The first-order valence-electron chi connectivity index (χ1n) is 12.6. The van der Waals surface area contributed by atoms with E-state index in [4.69, 9.17) is 4.74 Å². The Morgan fingerprint density at radius 3 is 2.68 bits per heavy atom.